The molecular weight excluding hydrogens is 342 g/mol. The first kappa shape index (κ1) is 19.2. The fourth-order valence-corrected chi connectivity index (χ4v) is 4.00. The molecule has 27 heavy (non-hydrogen) atoms. The average molecular weight is 369 g/mol. The molecule has 1 aliphatic rings. The van der Waals surface area contributed by atoms with Crippen molar-refractivity contribution in [2.45, 2.75) is 38.8 Å². The van der Waals surface area contributed by atoms with Gasteiger partial charge >= 0.3 is 5.97 Å². The Morgan fingerprint density at radius 1 is 1.11 bits per heavy atom. The van der Waals surface area contributed by atoms with Gasteiger partial charge in [-0.15, -0.1) is 0 Å². The van der Waals surface area contributed by atoms with E-state index in [-0.39, 0.29) is 6.04 Å². The van der Waals surface area contributed by atoms with Crippen LogP contribution in [0.1, 0.15) is 41.1 Å². The Morgan fingerprint density at radius 2 is 1.89 bits per heavy atom. The van der Waals surface area contributed by atoms with E-state index in [1.165, 1.54) is 0 Å². The minimum Gasteiger partial charge on any atom is -0.497 e. The maximum Gasteiger partial charge on any atom is 0.320 e. The van der Waals surface area contributed by atoms with Crippen LogP contribution in [0.3, 0.4) is 0 Å². The molecular formula is C22H27NO4. The highest BCUT2D eigenvalue weighted by Crippen LogP contribution is 2.41. The van der Waals surface area contributed by atoms with Crippen molar-refractivity contribution in [3.8, 4) is 11.5 Å². The van der Waals surface area contributed by atoms with Gasteiger partial charge in [-0.05, 0) is 56.0 Å². The average Bonchev–Trinajstić information content (AvgIpc) is 3.14. The van der Waals surface area contributed by atoms with E-state index in [9.17, 15) is 9.90 Å². The standard InChI is InChI=1S/C22H27NO4/c1-14-7-8-15(2)17(12-14)21(23-11-5-6-19(23)22(24)25)18-13-16(26-3)9-10-20(18)27-4/h7-10,12-13,19,21H,5-6,11H2,1-4H3,(H,24,25). The molecule has 0 aromatic heterocycles. The third-order valence-electron chi connectivity index (χ3n) is 5.37. The molecule has 1 aliphatic heterocycles. The predicted molar refractivity (Wildman–Crippen MR) is 105 cm³/mol. The SMILES string of the molecule is COc1ccc(OC)c(C(c2cc(C)ccc2C)N2CCCC2C(=O)O)c1. The van der Waals surface area contributed by atoms with Gasteiger partial charge in [-0.2, -0.15) is 0 Å². The van der Waals surface area contributed by atoms with E-state index in [1.807, 2.05) is 18.2 Å². The fraction of sp³-hybridized carbons (Fsp3) is 0.409. The Labute approximate surface area is 160 Å². The highest BCUT2D eigenvalue weighted by molar-refractivity contribution is 5.74. The van der Waals surface area contributed by atoms with Crippen molar-refractivity contribution in [2.75, 3.05) is 20.8 Å². The molecule has 5 nitrogen and oxygen atoms in total. The molecule has 2 aromatic rings. The first-order valence-electron chi connectivity index (χ1n) is 9.24. The monoisotopic (exact) mass is 369 g/mol. The van der Waals surface area contributed by atoms with Crippen LogP contribution in [-0.4, -0.2) is 42.8 Å². The first-order valence-corrected chi connectivity index (χ1v) is 9.24. The summed E-state index contributed by atoms with van der Waals surface area (Å²) in [6.07, 6.45) is 1.52. The van der Waals surface area contributed by atoms with Gasteiger partial charge in [-0.3, -0.25) is 9.69 Å². The molecule has 1 fully saturated rings. The van der Waals surface area contributed by atoms with Crippen molar-refractivity contribution in [2.24, 2.45) is 0 Å². The molecule has 5 heteroatoms. The molecule has 0 bridgehead atoms. The van der Waals surface area contributed by atoms with Gasteiger partial charge in [0.05, 0.1) is 20.3 Å². The Hall–Kier alpha value is -2.53. The topological polar surface area (TPSA) is 59.0 Å². The minimum absolute atomic E-state index is 0.210. The van der Waals surface area contributed by atoms with Crippen LogP contribution in [0.2, 0.25) is 0 Å². The smallest absolute Gasteiger partial charge is 0.320 e. The number of hydrogen-bond donors (Lipinski definition) is 1. The molecule has 2 atom stereocenters. The van der Waals surface area contributed by atoms with Gasteiger partial charge < -0.3 is 14.6 Å². The third kappa shape index (κ3) is 3.78. The van der Waals surface area contributed by atoms with Gasteiger partial charge in [0.15, 0.2) is 0 Å². The Morgan fingerprint density at radius 3 is 2.56 bits per heavy atom. The Balaban J connectivity index is 2.22. The number of rotatable bonds is 6. The van der Waals surface area contributed by atoms with E-state index in [4.69, 9.17) is 9.47 Å². The molecule has 0 saturated carbocycles. The van der Waals surface area contributed by atoms with Crippen LogP contribution < -0.4 is 9.47 Å². The summed E-state index contributed by atoms with van der Waals surface area (Å²) >= 11 is 0. The van der Waals surface area contributed by atoms with Crippen LogP contribution in [0.4, 0.5) is 0 Å². The second kappa shape index (κ2) is 8.01. The lowest BCUT2D eigenvalue weighted by Gasteiger charge is -2.34. The zero-order valence-corrected chi connectivity index (χ0v) is 16.4. The summed E-state index contributed by atoms with van der Waals surface area (Å²) in [6.45, 7) is 4.86. The van der Waals surface area contributed by atoms with Gasteiger partial charge in [0.2, 0.25) is 0 Å². The van der Waals surface area contributed by atoms with Crippen LogP contribution >= 0.6 is 0 Å². The van der Waals surface area contributed by atoms with Gasteiger partial charge in [0.1, 0.15) is 17.5 Å². The van der Waals surface area contributed by atoms with Crippen molar-refractivity contribution in [1.82, 2.24) is 4.90 Å². The van der Waals surface area contributed by atoms with Crippen LogP contribution in [-0.2, 0) is 4.79 Å². The molecule has 0 radical (unpaired) electrons. The number of benzene rings is 2. The first-order chi connectivity index (χ1) is 13.0. The Bertz CT molecular complexity index is 833. The van der Waals surface area contributed by atoms with Crippen LogP contribution in [0.5, 0.6) is 11.5 Å². The maximum atomic E-state index is 11.9. The van der Waals surface area contributed by atoms with Gasteiger partial charge in [0.25, 0.3) is 0 Å². The molecule has 1 N–H and O–H groups in total. The zero-order chi connectivity index (χ0) is 19.6. The van der Waals surface area contributed by atoms with Gasteiger partial charge in [-0.25, -0.2) is 0 Å². The lowest BCUT2D eigenvalue weighted by molar-refractivity contribution is -0.142. The quantitative estimate of drug-likeness (QED) is 0.835. The number of carbonyl (C=O) groups is 1. The van der Waals surface area contributed by atoms with Crippen molar-refractivity contribution in [1.29, 1.82) is 0 Å². The van der Waals surface area contributed by atoms with E-state index in [0.29, 0.717) is 6.42 Å². The van der Waals surface area contributed by atoms with E-state index < -0.39 is 12.0 Å². The van der Waals surface area contributed by atoms with Crippen molar-refractivity contribution < 1.29 is 19.4 Å². The second-order valence-corrected chi connectivity index (χ2v) is 7.10. The number of methoxy groups -OCH3 is 2. The molecule has 2 aromatic carbocycles. The zero-order valence-electron chi connectivity index (χ0n) is 16.4. The molecule has 144 valence electrons. The maximum absolute atomic E-state index is 11.9. The minimum atomic E-state index is -0.773. The van der Waals surface area contributed by atoms with E-state index in [1.54, 1.807) is 14.2 Å². The number of aryl methyl sites for hydroxylation is 2. The lowest BCUT2D eigenvalue weighted by Crippen LogP contribution is -2.39. The van der Waals surface area contributed by atoms with Crippen molar-refractivity contribution in [3.63, 3.8) is 0 Å². The molecule has 1 saturated heterocycles. The molecule has 3 rings (SSSR count). The third-order valence-corrected chi connectivity index (χ3v) is 5.37. The number of ether oxygens (including phenoxy) is 2. The highest BCUT2D eigenvalue weighted by atomic mass is 16.5. The summed E-state index contributed by atoms with van der Waals surface area (Å²) in [6, 6.07) is 11.3. The number of aliphatic carboxylic acids is 1. The number of hydrogen-bond acceptors (Lipinski definition) is 4. The number of carboxylic acids is 1. The molecule has 1 heterocycles. The van der Waals surface area contributed by atoms with Crippen LogP contribution in [0, 0.1) is 13.8 Å². The van der Waals surface area contributed by atoms with Gasteiger partial charge in [0, 0.05) is 12.1 Å². The predicted octanol–water partition coefficient (Wildman–Crippen LogP) is 3.96. The van der Waals surface area contributed by atoms with E-state index >= 15 is 0 Å². The summed E-state index contributed by atoms with van der Waals surface area (Å²) < 4.78 is 11.1. The molecule has 2 unspecified atom stereocenters. The summed E-state index contributed by atoms with van der Waals surface area (Å²) in [5.74, 6) is 0.689. The summed E-state index contributed by atoms with van der Waals surface area (Å²) in [7, 11) is 3.28. The highest BCUT2D eigenvalue weighted by Gasteiger charge is 2.38. The van der Waals surface area contributed by atoms with Crippen LogP contribution in [0.25, 0.3) is 0 Å². The normalized spacial score (nSPS) is 18.3. The largest absolute Gasteiger partial charge is 0.497 e. The summed E-state index contributed by atoms with van der Waals surface area (Å²) in [5.41, 5.74) is 4.31. The number of nitrogens with zero attached hydrogens (tertiary/aromatic N) is 1. The number of carboxylic acid groups (broad SMARTS) is 1. The van der Waals surface area contributed by atoms with Crippen LogP contribution in [0.15, 0.2) is 36.4 Å². The molecule has 0 spiro atoms. The summed E-state index contributed by atoms with van der Waals surface area (Å²) in [4.78, 5) is 14.0. The lowest BCUT2D eigenvalue weighted by atomic mass is 9.91. The van der Waals surface area contributed by atoms with Crippen molar-refractivity contribution >= 4 is 5.97 Å². The van der Waals surface area contributed by atoms with Gasteiger partial charge in [-0.1, -0.05) is 23.8 Å². The van der Waals surface area contributed by atoms with E-state index in [0.717, 1.165) is 46.7 Å². The van der Waals surface area contributed by atoms with Crippen molar-refractivity contribution in [3.05, 3.63) is 58.7 Å². The van der Waals surface area contributed by atoms with E-state index in [2.05, 4.69) is 36.9 Å². The molecule has 0 aliphatic carbocycles. The number of likely N-dealkylation sites (tertiary alicyclic amines) is 1. The fourth-order valence-electron chi connectivity index (χ4n) is 4.00. The summed E-state index contributed by atoms with van der Waals surface area (Å²) in [5, 5.41) is 9.78. The Kier molecular flexibility index (Phi) is 5.71. The molecule has 0 amide bonds. The second-order valence-electron chi connectivity index (χ2n) is 7.10.